The minimum absolute atomic E-state index is 0.214. The molecule has 0 heterocycles. The summed E-state index contributed by atoms with van der Waals surface area (Å²) in [5.41, 5.74) is 1.22. The van der Waals surface area contributed by atoms with Gasteiger partial charge in [0.25, 0.3) is 5.91 Å². The molecule has 0 spiro atoms. The summed E-state index contributed by atoms with van der Waals surface area (Å²) < 4.78 is 10.9. The zero-order valence-corrected chi connectivity index (χ0v) is 17.7. The van der Waals surface area contributed by atoms with E-state index in [4.69, 9.17) is 9.47 Å². The molecule has 0 bridgehead atoms. The molecule has 0 aliphatic heterocycles. The van der Waals surface area contributed by atoms with E-state index in [1.165, 1.54) is 0 Å². The van der Waals surface area contributed by atoms with Crippen LogP contribution in [0.25, 0.3) is 0 Å². The lowest BCUT2D eigenvalue weighted by Gasteiger charge is -2.25. The fourth-order valence-electron chi connectivity index (χ4n) is 3.04. The Bertz CT molecular complexity index is 975. The second-order valence-corrected chi connectivity index (χ2v) is 6.97. The fourth-order valence-corrected chi connectivity index (χ4v) is 3.04. The summed E-state index contributed by atoms with van der Waals surface area (Å²) in [6.07, 6.45) is 0. The SMILES string of the molecule is COc1ccc(OCCN(C)C(=O)C(NC(=O)c2ccccc2)c2ccccc2)cc1. The van der Waals surface area contributed by atoms with Gasteiger partial charge in [-0.15, -0.1) is 0 Å². The molecule has 1 atom stereocenters. The standard InChI is InChI=1S/C25H26N2O4/c1-27(17-18-31-22-15-13-21(30-2)14-16-22)25(29)23(19-9-5-3-6-10-19)26-24(28)20-11-7-4-8-12-20/h3-16,23H,17-18H2,1-2H3,(H,26,28). The number of hydrogen-bond acceptors (Lipinski definition) is 4. The highest BCUT2D eigenvalue weighted by Gasteiger charge is 2.26. The predicted molar refractivity (Wildman–Crippen MR) is 119 cm³/mol. The summed E-state index contributed by atoms with van der Waals surface area (Å²) >= 11 is 0. The molecule has 0 aromatic heterocycles. The Kier molecular flexibility index (Phi) is 7.65. The summed E-state index contributed by atoms with van der Waals surface area (Å²) in [6.45, 7) is 0.693. The van der Waals surface area contributed by atoms with Crippen molar-refractivity contribution in [2.75, 3.05) is 27.3 Å². The minimum atomic E-state index is -0.792. The first kappa shape index (κ1) is 21.9. The van der Waals surface area contributed by atoms with E-state index in [1.54, 1.807) is 43.3 Å². The van der Waals surface area contributed by atoms with Gasteiger partial charge in [-0.25, -0.2) is 0 Å². The quantitative estimate of drug-likeness (QED) is 0.575. The highest BCUT2D eigenvalue weighted by Crippen LogP contribution is 2.18. The van der Waals surface area contributed by atoms with Crippen LogP contribution in [-0.2, 0) is 4.79 Å². The van der Waals surface area contributed by atoms with Gasteiger partial charge in [0.1, 0.15) is 24.1 Å². The summed E-state index contributed by atoms with van der Waals surface area (Å²) in [5.74, 6) is 0.928. The Morgan fingerprint density at radius 2 is 1.45 bits per heavy atom. The van der Waals surface area contributed by atoms with Crippen LogP contribution in [0.15, 0.2) is 84.9 Å². The van der Waals surface area contributed by atoms with Crippen LogP contribution < -0.4 is 14.8 Å². The zero-order valence-electron chi connectivity index (χ0n) is 17.7. The van der Waals surface area contributed by atoms with E-state index < -0.39 is 6.04 Å². The van der Waals surface area contributed by atoms with Gasteiger partial charge in [-0.05, 0) is 42.0 Å². The monoisotopic (exact) mass is 418 g/mol. The van der Waals surface area contributed by atoms with Gasteiger partial charge < -0.3 is 19.7 Å². The Labute approximate surface area is 182 Å². The van der Waals surface area contributed by atoms with E-state index in [1.807, 2.05) is 60.7 Å². The van der Waals surface area contributed by atoms with E-state index in [-0.39, 0.29) is 11.8 Å². The number of ether oxygens (including phenoxy) is 2. The maximum absolute atomic E-state index is 13.2. The van der Waals surface area contributed by atoms with Crippen LogP contribution >= 0.6 is 0 Å². The largest absolute Gasteiger partial charge is 0.497 e. The number of nitrogens with one attached hydrogen (secondary N) is 1. The number of carbonyl (C=O) groups excluding carboxylic acids is 2. The van der Waals surface area contributed by atoms with Crippen molar-refractivity contribution in [1.82, 2.24) is 10.2 Å². The van der Waals surface area contributed by atoms with Crippen LogP contribution in [0.5, 0.6) is 11.5 Å². The molecule has 3 rings (SSSR count). The summed E-state index contributed by atoms with van der Waals surface area (Å²) in [5, 5.41) is 2.87. The van der Waals surface area contributed by atoms with Gasteiger partial charge in [0, 0.05) is 12.6 Å². The molecular formula is C25H26N2O4. The summed E-state index contributed by atoms with van der Waals surface area (Å²) in [7, 11) is 3.31. The van der Waals surface area contributed by atoms with Crippen molar-refractivity contribution in [3.05, 3.63) is 96.1 Å². The van der Waals surface area contributed by atoms with Crippen molar-refractivity contribution in [2.45, 2.75) is 6.04 Å². The average Bonchev–Trinajstić information content (AvgIpc) is 2.83. The molecule has 160 valence electrons. The van der Waals surface area contributed by atoms with Gasteiger partial charge in [0.05, 0.1) is 13.7 Å². The lowest BCUT2D eigenvalue weighted by atomic mass is 10.0. The number of likely N-dealkylation sites (N-methyl/N-ethyl adjacent to an activating group) is 1. The molecule has 1 N–H and O–H groups in total. The normalized spacial score (nSPS) is 11.3. The Balaban J connectivity index is 1.64. The van der Waals surface area contributed by atoms with Crippen molar-refractivity contribution in [1.29, 1.82) is 0 Å². The molecule has 31 heavy (non-hydrogen) atoms. The molecule has 0 saturated carbocycles. The molecule has 0 radical (unpaired) electrons. The third-order valence-electron chi connectivity index (χ3n) is 4.82. The maximum atomic E-state index is 13.2. The molecule has 3 aromatic rings. The third-order valence-corrected chi connectivity index (χ3v) is 4.82. The molecule has 2 amide bonds. The van der Waals surface area contributed by atoms with Crippen molar-refractivity contribution in [3.63, 3.8) is 0 Å². The van der Waals surface area contributed by atoms with Gasteiger partial charge in [0.15, 0.2) is 0 Å². The maximum Gasteiger partial charge on any atom is 0.252 e. The van der Waals surface area contributed by atoms with Crippen LogP contribution in [0.1, 0.15) is 22.0 Å². The Morgan fingerprint density at radius 3 is 2.06 bits per heavy atom. The van der Waals surface area contributed by atoms with E-state index in [0.717, 1.165) is 11.3 Å². The topological polar surface area (TPSA) is 67.9 Å². The fraction of sp³-hybridized carbons (Fsp3) is 0.200. The van der Waals surface area contributed by atoms with Gasteiger partial charge in [0.2, 0.25) is 5.91 Å². The Hall–Kier alpha value is -3.80. The van der Waals surface area contributed by atoms with Crippen molar-refractivity contribution >= 4 is 11.8 Å². The van der Waals surface area contributed by atoms with Crippen LogP contribution in [0, 0.1) is 0 Å². The highest BCUT2D eigenvalue weighted by atomic mass is 16.5. The molecule has 0 saturated heterocycles. The molecule has 0 fully saturated rings. The molecular weight excluding hydrogens is 392 g/mol. The van der Waals surface area contributed by atoms with Crippen LogP contribution in [0.3, 0.4) is 0 Å². The number of rotatable bonds is 9. The van der Waals surface area contributed by atoms with Crippen molar-refractivity contribution < 1.29 is 19.1 Å². The number of amides is 2. The van der Waals surface area contributed by atoms with Gasteiger partial charge in [-0.2, -0.15) is 0 Å². The second-order valence-electron chi connectivity index (χ2n) is 6.97. The van der Waals surface area contributed by atoms with Crippen LogP contribution in [0.2, 0.25) is 0 Å². The molecule has 0 aliphatic rings. The van der Waals surface area contributed by atoms with Crippen molar-refractivity contribution in [2.24, 2.45) is 0 Å². The number of carbonyl (C=O) groups is 2. The lowest BCUT2D eigenvalue weighted by molar-refractivity contribution is -0.132. The third kappa shape index (κ3) is 6.09. The molecule has 3 aromatic carbocycles. The zero-order chi connectivity index (χ0) is 22.1. The summed E-state index contributed by atoms with van der Waals surface area (Å²) in [4.78, 5) is 27.4. The first-order chi connectivity index (χ1) is 15.1. The van der Waals surface area contributed by atoms with E-state index in [2.05, 4.69) is 5.32 Å². The van der Waals surface area contributed by atoms with E-state index >= 15 is 0 Å². The summed E-state index contributed by atoms with van der Waals surface area (Å²) in [6, 6.07) is 24.5. The Morgan fingerprint density at radius 1 is 0.871 bits per heavy atom. The number of methoxy groups -OCH3 is 1. The number of nitrogens with zero attached hydrogens (tertiary/aromatic N) is 1. The minimum Gasteiger partial charge on any atom is -0.497 e. The number of benzene rings is 3. The second kappa shape index (κ2) is 10.8. The van der Waals surface area contributed by atoms with E-state index in [0.29, 0.717) is 24.5 Å². The highest BCUT2D eigenvalue weighted by molar-refractivity contribution is 5.97. The average molecular weight is 418 g/mol. The van der Waals surface area contributed by atoms with Gasteiger partial charge in [-0.3, -0.25) is 9.59 Å². The molecule has 1 unspecified atom stereocenters. The number of hydrogen-bond donors (Lipinski definition) is 1. The van der Waals surface area contributed by atoms with Gasteiger partial charge >= 0.3 is 0 Å². The molecule has 0 aliphatic carbocycles. The lowest BCUT2D eigenvalue weighted by Crippen LogP contribution is -2.42. The van der Waals surface area contributed by atoms with E-state index in [9.17, 15) is 9.59 Å². The molecule has 6 heteroatoms. The van der Waals surface area contributed by atoms with Crippen molar-refractivity contribution in [3.8, 4) is 11.5 Å². The van der Waals surface area contributed by atoms with Crippen LogP contribution in [-0.4, -0.2) is 44.0 Å². The van der Waals surface area contributed by atoms with Gasteiger partial charge in [-0.1, -0.05) is 48.5 Å². The molecule has 6 nitrogen and oxygen atoms in total. The predicted octanol–water partition coefficient (Wildman–Crippen LogP) is 3.70. The van der Waals surface area contributed by atoms with Crippen LogP contribution in [0.4, 0.5) is 0 Å². The first-order valence-corrected chi connectivity index (χ1v) is 10.0. The first-order valence-electron chi connectivity index (χ1n) is 10.0. The smallest absolute Gasteiger partial charge is 0.252 e.